The predicted octanol–water partition coefficient (Wildman–Crippen LogP) is 3.24. The first-order valence-corrected chi connectivity index (χ1v) is 10.3. The van der Waals surface area contributed by atoms with Gasteiger partial charge in [-0.05, 0) is 31.9 Å². The number of hydrogen-bond donors (Lipinski definition) is 0. The third-order valence-corrected chi connectivity index (χ3v) is 5.87. The summed E-state index contributed by atoms with van der Waals surface area (Å²) in [5, 5.41) is 8.01. The Kier molecular flexibility index (Phi) is 4.86. The van der Waals surface area contributed by atoms with Crippen molar-refractivity contribution in [2.24, 2.45) is 5.92 Å². The number of hydrogen-bond acceptors (Lipinski definition) is 7. The van der Waals surface area contributed by atoms with E-state index in [4.69, 9.17) is 13.8 Å². The summed E-state index contributed by atoms with van der Waals surface area (Å²) in [6.07, 6.45) is 2.90. The smallest absolute Gasteiger partial charge is 0.253 e. The van der Waals surface area contributed by atoms with E-state index >= 15 is 0 Å². The first-order chi connectivity index (χ1) is 14.6. The molecule has 0 N–H and O–H groups in total. The summed E-state index contributed by atoms with van der Waals surface area (Å²) in [5.74, 6) is 2.69. The van der Waals surface area contributed by atoms with E-state index in [1.807, 2.05) is 42.2 Å². The third-order valence-electron chi connectivity index (χ3n) is 5.87. The third kappa shape index (κ3) is 3.75. The van der Waals surface area contributed by atoms with Crippen LogP contribution in [0, 0.1) is 12.8 Å². The normalized spacial score (nSPS) is 21.3. The van der Waals surface area contributed by atoms with Gasteiger partial charge in [-0.2, -0.15) is 4.98 Å². The van der Waals surface area contributed by atoms with Gasteiger partial charge < -0.3 is 18.7 Å². The second kappa shape index (κ2) is 7.68. The first kappa shape index (κ1) is 19.0. The van der Waals surface area contributed by atoms with Crippen LogP contribution in [0.4, 0.5) is 0 Å². The Morgan fingerprint density at radius 3 is 2.63 bits per heavy atom. The molecule has 1 aliphatic carbocycles. The maximum Gasteiger partial charge on any atom is 0.253 e. The van der Waals surface area contributed by atoms with E-state index in [1.165, 1.54) is 0 Å². The van der Waals surface area contributed by atoms with E-state index < -0.39 is 0 Å². The molecule has 3 heterocycles. The maximum atomic E-state index is 13.0. The largest absolute Gasteiger partial charge is 0.379 e. The molecule has 1 aliphatic heterocycles. The van der Waals surface area contributed by atoms with Gasteiger partial charge in [0.15, 0.2) is 0 Å². The van der Waals surface area contributed by atoms with Gasteiger partial charge in [-0.15, -0.1) is 0 Å². The number of benzene rings is 1. The second-order valence-electron chi connectivity index (χ2n) is 8.19. The molecule has 1 saturated carbocycles. The topological polar surface area (TPSA) is 94.5 Å². The number of aryl methyl sites for hydroxylation is 1. The van der Waals surface area contributed by atoms with Gasteiger partial charge in [0.25, 0.3) is 5.91 Å². The number of amides is 1. The molecular formula is C22H24N4O4. The lowest BCUT2D eigenvalue weighted by atomic mass is 10.0. The lowest BCUT2D eigenvalue weighted by Crippen LogP contribution is -2.29. The van der Waals surface area contributed by atoms with E-state index in [9.17, 15) is 4.79 Å². The molecule has 3 aromatic rings. The van der Waals surface area contributed by atoms with Gasteiger partial charge in [0.1, 0.15) is 5.76 Å². The summed E-state index contributed by atoms with van der Waals surface area (Å²) >= 11 is 0. The van der Waals surface area contributed by atoms with Crippen molar-refractivity contribution in [1.29, 1.82) is 0 Å². The van der Waals surface area contributed by atoms with Crippen LogP contribution in [0.3, 0.4) is 0 Å². The zero-order valence-electron chi connectivity index (χ0n) is 17.1. The molecule has 1 aromatic carbocycles. The van der Waals surface area contributed by atoms with Gasteiger partial charge in [0.05, 0.1) is 11.8 Å². The van der Waals surface area contributed by atoms with Crippen LogP contribution in [0.25, 0.3) is 11.4 Å². The van der Waals surface area contributed by atoms with Crippen molar-refractivity contribution in [2.45, 2.75) is 38.2 Å². The quantitative estimate of drug-likeness (QED) is 0.618. The molecule has 0 radical (unpaired) electrons. The van der Waals surface area contributed by atoms with Crippen LogP contribution < -0.4 is 0 Å². The van der Waals surface area contributed by atoms with Gasteiger partial charge in [0, 0.05) is 55.6 Å². The summed E-state index contributed by atoms with van der Waals surface area (Å²) in [6, 6.07) is 9.31. The summed E-state index contributed by atoms with van der Waals surface area (Å²) in [5.41, 5.74) is 2.34. The Hall–Kier alpha value is -3.00. The predicted molar refractivity (Wildman–Crippen MR) is 107 cm³/mol. The van der Waals surface area contributed by atoms with Crippen LogP contribution in [0.15, 0.2) is 39.4 Å². The number of aromatic nitrogens is 3. The van der Waals surface area contributed by atoms with Crippen molar-refractivity contribution in [3.8, 4) is 11.4 Å². The fraction of sp³-hybridized carbons (Fsp3) is 0.455. The molecule has 1 amide bonds. The highest BCUT2D eigenvalue weighted by molar-refractivity contribution is 5.94. The van der Waals surface area contributed by atoms with Crippen LogP contribution in [0.2, 0.25) is 0 Å². The molecule has 0 bridgehead atoms. The lowest BCUT2D eigenvalue weighted by Gasteiger charge is -2.16. The van der Waals surface area contributed by atoms with Gasteiger partial charge in [0.2, 0.25) is 11.7 Å². The van der Waals surface area contributed by atoms with Crippen molar-refractivity contribution >= 4 is 5.91 Å². The van der Waals surface area contributed by atoms with E-state index in [1.54, 1.807) is 7.11 Å². The Morgan fingerprint density at radius 1 is 1.17 bits per heavy atom. The Bertz CT molecular complexity index is 1040. The molecule has 156 valence electrons. The SMILES string of the molecule is CO[C@H]1CN(C(=O)c2ccc(-c3noc(C4CC4)n3)cc2)C[C@H]1Cc1cc(C)no1. The van der Waals surface area contributed by atoms with Crippen LogP contribution in [-0.2, 0) is 11.2 Å². The van der Waals surface area contributed by atoms with Gasteiger partial charge in [-0.3, -0.25) is 4.79 Å². The number of carbonyl (C=O) groups excluding carboxylic acids is 1. The monoisotopic (exact) mass is 408 g/mol. The molecular weight excluding hydrogens is 384 g/mol. The summed E-state index contributed by atoms with van der Waals surface area (Å²) in [7, 11) is 1.69. The maximum absolute atomic E-state index is 13.0. The molecule has 2 aromatic heterocycles. The van der Waals surface area contributed by atoms with Crippen molar-refractivity contribution in [3.05, 3.63) is 53.2 Å². The number of nitrogens with zero attached hydrogens (tertiary/aromatic N) is 4. The molecule has 5 rings (SSSR count). The summed E-state index contributed by atoms with van der Waals surface area (Å²) < 4.78 is 16.3. The minimum Gasteiger partial charge on any atom is -0.379 e. The molecule has 30 heavy (non-hydrogen) atoms. The number of methoxy groups -OCH3 is 1. The highest BCUT2D eigenvalue weighted by Crippen LogP contribution is 2.39. The fourth-order valence-corrected chi connectivity index (χ4v) is 4.03. The minimum atomic E-state index is -0.0289. The molecule has 8 nitrogen and oxygen atoms in total. The van der Waals surface area contributed by atoms with Crippen molar-refractivity contribution in [3.63, 3.8) is 0 Å². The van der Waals surface area contributed by atoms with Gasteiger partial charge in [-0.1, -0.05) is 22.4 Å². The zero-order valence-corrected chi connectivity index (χ0v) is 17.1. The fourth-order valence-electron chi connectivity index (χ4n) is 4.03. The van der Waals surface area contributed by atoms with Crippen molar-refractivity contribution in [1.82, 2.24) is 20.2 Å². The Morgan fingerprint density at radius 2 is 1.97 bits per heavy atom. The second-order valence-corrected chi connectivity index (χ2v) is 8.19. The molecule has 2 fully saturated rings. The van der Waals surface area contributed by atoms with E-state index in [2.05, 4.69) is 15.3 Å². The standard InChI is InChI=1S/C22H24N4O4/c1-13-9-18(29-24-13)10-17-11-26(12-19(17)28-2)22(27)16-7-3-14(4-8-16)20-23-21(30-25-20)15-5-6-15/h3-4,7-9,15,17,19H,5-6,10-12H2,1-2H3/t17-,19+/m1/s1. The van der Waals surface area contributed by atoms with E-state index in [0.29, 0.717) is 42.7 Å². The molecule has 1 saturated heterocycles. The summed E-state index contributed by atoms with van der Waals surface area (Å²) in [6.45, 7) is 3.08. The number of rotatable bonds is 6. The van der Waals surface area contributed by atoms with Gasteiger partial charge in [-0.25, -0.2) is 0 Å². The molecule has 2 aliphatic rings. The minimum absolute atomic E-state index is 0.00775. The van der Waals surface area contributed by atoms with Crippen LogP contribution in [0.5, 0.6) is 0 Å². The highest BCUT2D eigenvalue weighted by Gasteiger charge is 2.36. The Labute approximate surface area is 174 Å². The molecule has 2 atom stereocenters. The van der Waals surface area contributed by atoms with Gasteiger partial charge >= 0.3 is 0 Å². The zero-order chi connectivity index (χ0) is 20.7. The average molecular weight is 408 g/mol. The van der Waals surface area contributed by atoms with Crippen LogP contribution in [-0.4, -0.2) is 52.4 Å². The number of carbonyl (C=O) groups is 1. The first-order valence-electron chi connectivity index (χ1n) is 10.3. The average Bonchev–Trinajstić information content (AvgIpc) is 3.15. The van der Waals surface area contributed by atoms with E-state index in [-0.39, 0.29) is 17.9 Å². The lowest BCUT2D eigenvalue weighted by molar-refractivity contribution is 0.0672. The molecule has 0 unspecified atom stereocenters. The van der Waals surface area contributed by atoms with Crippen molar-refractivity contribution < 1.29 is 18.6 Å². The van der Waals surface area contributed by atoms with Crippen LogP contribution >= 0.6 is 0 Å². The number of likely N-dealkylation sites (tertiary alicyclic amines) is 1. The Balaban J connectivity index is 1.26. The van der Waals surface area contributed by atoms with Crippen molar-refractivity contribution in [2.75, 3.05) is 20.2 Å². The highest BCUT2D eigenvalue weighted by atomic mass is 16.5. The molecule has 8 heteroatoms. The van der Waals surface area contributed by atoms with Crippen LogP contribution in [0.1, 0.15) is 46.5 Å². The summed E-state index contributed by atoms with van der Waals surface area (Å²) in [4.78, 5) is 19.4. The molecule has 0 spiro atoms. The van der Waals surface area contributed by atoms with E-state index in [0.717, 1.165) is 29.9 Å². The number of ether oxygens (including phenoxy) is 1.